The molecule has 2 aliphatic rings. The number of rotatable bonds is 2. The van der Waals surface area contributed by atoms with Crippen molar-refractivity contribution in [3.63, 3.8) is 0 Å². The van der Waals surface area contributed by atoms with E-state index in [2.05, 4.69) is 10.6 Å². The maximum Gasteiger partial charge on any atom is 0.237 e. The van der Waals surface area contributed by atoms with E-state index >= 15 is 0 Å². The van der Waals surface area contributed by atoms with Gasteiger partial charge in [0.2, 0.25) is 5.91 Å². The summed E-state index contributed by atoms with van der Waals surface area (Å²) < 4.78 is 0. The zero-order valence-corrected chi connectivity index (χ0v) is 9.94. The molecule has 2 atom stereocenters. The standard InChI is InChI=1S/C11H20N2OS/c14-11(10-5-1-2-6-12-10)13-9-4-3-7-15-8-9/h9-10,12H,1-8H2,(H,13,14)/t9?,10-/m0/s1. The fourth-order valence-corrected chi connectivity index (χ4v) is 3.30. The number of amides is 1. The van der Waals surface area contributed by atoms with Crippen molar-refractivity contribution >= 4 is 17.7 Å². The highest BCUT2D eigenvalue weighted by Gasteiger charge is 2.23. The molecular weight excluding hydrogens is 208 g/mol. The molecule has 0 saturated carbocycles. The molecule has 1 unspecified atom stereocenters. The molecule has 0 spiro atoms. The molecule has 0 aromatic rings. The van der Waals surface area contributed by atoms with Crippen molar-refractivity contribution < 1.29 is 4.79 Å². The number of nitrogens with one attached hydrogen (secondary N) is 2. The van der Waals surface area contributed by atoms with Crippen LogP contribution in [-0.2, 0) is 4.79 Å². The molecule has 2 fully saturated rings. The summed E-state index contributed by atoms with van der Waals surface area (Å²) in [6, 6.07) is 0.491. The second-order valence-electron chi connectivity index (χ2n) is 4.43. The third kappa shape index (κ3) is 3.38. The summed E-state index contributed by atoms with van der Waals surface area (Å²) in [6.45, 7) is 0.998. The molecule has 2 rings (SSSR count). The lowest BCUT2D eigenvalue weighted by atomic mass is 10.0. The van der Waals surface area contributed by atoms with Crippen LogP contribution in [0.5, 0.6) is 0 Å². The predicted molar refractivity (Wildman–Crippen MR) is 64.1 cm³/mol. The van der Waals surface area contributed by atoms with Crippen LogP contribution in [0.4, 0.5) is 0 Å². The molecule has 2 aliphatic heterocycles. The highest BCUT2D eigenvalue weighted by Crippen LogP contribution is 2.17. The Morgan fingerprint density at radius 3 is 2.87 bits per heavy atom. The third-order valence-corrected chi connectivity index (χ3v) is 4.35. The van der Waals surface area contributed by atoms with Gasteiger partial charge in [-0.05, 0) is 38.0 Å². The summed E-state index contributed by atoms with van der Waals surface area (Å²) in [5.74, 6) is 2.58. The molecule has 0 aromatic heterocycles. The van der Waals surface area contributed by atoms with Crippen molar-refractivity contribution in [1.82, 2.24) is 10.6 Å². The minimum Gasteiger partial charge on any atom is -0.351 e. The van der Waals surface area contributed by atoms with Crippen molar-refractivity contribution in [2.45, 2.75) is 44.2 Å². The smallest absolute Gasteiger partial charge is 0.237 e. The average molecular weight is 228 g/mol. The first kappa shape index (κ1) is 11.3. The van der Waals surface area contributed by atoms with Crippen molar-refractivity contribution in [3.05, 3.63) is 0 Å². The molecule has 0 bridgehead atoms. The number of carbonyl (C=O) groups is 1. The topological polar surface area (TPSA) is 41.1 Å². The molecular formula is C11H20N2OS. The molecule has 4 heteroatoms. The summed E-state index contributed by atoms with van der Waals surface area (Å²) in [5, 5.41) is 6.46. The monoisotopic (exact) mass is 228 g/mol. The summed E-state index contributed by atoms with van der Waals surface area (Å²) in [5.41, 5.74) is 0. The summed E-state index contributed by atoms with van der Waals surface area (Å²) in [4.78, 5) is 11.9. The maximum atomic E-state index is 11.9. The highest BCUT2D eigenvalue weighted by atomic mass is 32.2. The highest BCUT2D eigenvalue weighted by molar-refractivity contribution is 7.99. The Balaban J connectivity index is 1.74. The van der Waals surface area contributed by atoms with Gasteiger partial charge >= 0.3 is 0 Å². The van der Waals surface area contributed by atoms with Crippen molar-refractivity contribution in [3.8, 4) is 0 Å². The number of piperidine rings is 1. The van der Waals surface area contributed by atoms with Crippen LogP contribution >= 0.6 is 11.8 Å². The normalized spacial score (nSPS) is 32.3. The van der Waals surface area contributed by atoms with Gasteiger partial charge in [-0.25, -0.2) is 0 Å². The largest absolute Gasteiger partial charge is 0.351 e. The predicted octanol–water partition coefficient (Wildman–Crippen LogP) is 1.14. The van der Waals surface area contributed by atoms with Crippen LogP contribution in [0.1, 0.15) is 32.1 Å². The first-order chi connectivity index (χ1) is 7.36. The van der Waals surface area contributed by atoms with E-state index in [1.54, 1.807) is 0 Å². The van der Waals surface area contributed by atoms with E-state index < -0.39 is 0 Å². The lowest BCUT2D eigenvalue weighted by Gasteiger charge is -2.27. The lowest BCUT2D eigenvalue weighted by molar-refractivity contribution is -0.124. The minimum atomic E-state index is 0.0747. The number of hydrogen-bond acceptors (Lipinski definition) is 3. The Kier molecular flexibility index (Phi) is 4.32. The molecule has 2 N–H and O–H groups in total. The van der Waals surface area contributed by atoms with Gasteiger partial charge < -0.3 is 10.6 Å². The summed E-state index contributed by atoms with van der Waals surface area (Å²) >= 11 is 1.96. The molecule has 0 radical (unpaired) electrons. The first-order valence-electron chi connectivity index (χ1n) is 5.98. The van der Waals surface area contributed by atoms with Gasteiger partial charge in [-0.1, -0.05) is 6.42 Å². The Labute approximate surface area is 95.8 Å². The van der Waals surface area contributed by atoms with E-state index in [1.165, 1.54) is 25.0 Å². The molecule has 0 aliphatic carbocycles. The van der Waals surface area contributed by atoms with E-state index in [0.717, 1.165) is 25.1 Å². The van der Waals surface area contributed by atoms with Crippen LogP contribution in [0.25, 0.3) is 0 Å². The number of carbonyl (C=O) groups excluding carboxylic acids is 1. The SMILES string of the molecule is O=C(NC1CCCSC1)[C@@H]1CCCCN1. The van der Waals surface area contributed by atoms with Crippen molar-refractivity contribution in [2.24, 2.45) is 0 Å². The molecule has 3 nitrogen and oxygen atoms in total. The van der Waals surface area contributed by atoms with Crippen LogP contribution in [0.2, 0.25) is 0 Å². The molecule has 15 heavy (non-hydrogen) atoms. The van der Waals surface area contributed by atoms with E-state index in [0.29, 0.717) is 6.04 Å². The van der Waals surface area contributed by atoms with Gasteiger partial charge in [-0.3, -0.25) is 4.79 Å². The van der Waals surface area contributed by atoms with Gasteiger partial charge in [-0.2, -0.15) is 11.8 Å². The van der Waals surface area contributed by atoms with E-state index in [4.69, 9.17) is 0 Å². The van der Waals surface area contributed by atoms with Gasteiger partial charge in [-0.15, -0.1) is 0 Å². The molecule has 1 amide bonds. The Bertz CT molecular complexity index is 211. The van der Waals surface area contributed by atoms with E-state index in [1.807, 2.05) is 11.8 Å². The zero-order chi connectivity index (χ0) is 10.5. The minimum absolute atomic E-state index is 0.0747. The van der Waals surface area contributed by atoms with Gasteiger partial charge in [0.1, 0.15) is 0 Å². The van der Waals surface area contributed by atoms with Gasteiger partial charge in [0.05, 0.1) is 6.04 Å². The van der Waals surface area contributed by atoms with Crippen LogP contribution in [-0.4, -0.2) is 36.0 Å². The van der Waals surface area contributed by atoms with Gasteiger partial charge in [0.25, 0.3) is 0 Å². The van der Waals surface area contributed by atoms with Crippen molar-refractivity contribution in [1.29, 1.82) is 0 Å². The zero-order valence-electron chi connectivity index (χ0n) is 9.13. The lowest BCUT2D eigenvalue weighted by Crippen LogP contribution is -2.50. The van der Waals surface area contributed by atoms with Gasteiger partial charge in [0, 0.05) is 11.8 Å². The molecule has 86 valence electrons. The van der Waals surface area contributed by atoms with Crippen LogP contribution in [0.3, 0.4) is 0 Å². The van der Waals surface area contributed by atoms with Crippen LogP contribution < -0.4 is 10.6 Å². The van der Waals surface area contributed by atoms with Crippen LogP contribution in [0.15, 0.2) is 0 Å². The van der Waals surface area contributed by atoms with E-state index in [-0.39, 0.29) is 11.9 Å². The fourth-order valence-electron chi connectivity index (χ4n) is 2.23. The summed E-state index contributed by atoms with van der Waals surface area (Å²) in [6.07, 6.45) is 5.80. The Morgan fingerprint density at radius 2 is 2.20 bits per heavy atom. The summed E-state index contributed by atoms with van der Waals surface area (Å²) in [7, 11) is 0. The first-order valence-corrected chi connectivity index (χ1v) is 7.13. The van der Waals surface area contributed by atoms with Gasteiger partial charge in [0.15, 0.2) is 0 Å². The fraction of sp³-hybridized carbons (Fsp3) is 0.909. The van der Waals surface area contributed by atoms with Crippen LogP contribution in [0, 0.1) is 0 Å². The second-order valence-corrected chi connectivity index (χ2v) is 5.57. The number of thioether (sulfide) groups is 1. The second kappa shape index (κ2) is 5.75. The maximum absolute atomic E-state index is 11.9. The quantitative estimate of drug-likeness (QED) is 0.745. The van der Waals surface area contributed by atoms with E-state index in [9.17, 15) is 4.79 Å². The third-order valence-electron chi connectivity index (χ3n) is 3.13. The molecule has 0 aromatic carbocycles. The average Bonchev–Trinajstić information content (AvgIpc) is 2.31. The Hall–Kier alpha value is -0.220. The molecule has 2 saturated heterocycles. The van der Waals surface area contributed by atoms with Crippen molar-refractivity contribution in [2.75, 3.05) is 18.1 Å². The molecule has 2 heterocycles. The Morgan fingerprint density at radius 1 is 1.27 bits per heavy atom. The number of hydrogen-bond donors (Lipinski definition) is 2.